The van der Waals surface area contributed by atoms with Gasteiger partial charge in [-0.15, -0.1) is 0 Å². The fourth-order valence-electron chi connectivity index (χ4n) is 1.45. The maximum Gasteiger partial charge on any atom is 0.245 e. The number of nitrogens with two attached hydrogens (primary N) is 1. The fourth-order valence-corrected chi connectivity index (χ4v) is 2.11. The summed E-state index contributed by atoms with van der Waals surface area (Å²) in [4.78, 5) is 12.7. The number of hydrogen-bond donors (Lipinski definition) is 1. The quantitative estimate of drug-likeness (QED) is 0.771. The molecule has 1 heterocycles. The van der Waals surface area contributed by atoms with Crippen LogP contribution in [0.2, 0.25) is 10.0 Å². The molecule has 6 heteroatoms. The minimum Gasteiger partial charge on any atom is -0.318 e. The minimum absolute atomic E-state index is 0.111. The van der Waals surface area contributed by atoms with Crippen molar-refractivity contribution in [1.82, 2.24) is 0 Å². The Bertz CT molecular complexity index is 415. The molecule has 0 bridgehead atoms. The van der Waals surface area contributed by atoms with Crippen LogP contribution in [0.3, 0.4) is 0 Å². The first kappa shape index (κ1) is 10.7. The zero-order valence-corrected chi connectivity index (χ0v) is 9.02. The molecule has 1 saturated heterocycles. The molecule has 0 radical (unpaired) electrons. The van der Waals surface area contributed by atoms with Gasteiger partial charge in [0.2, 0.25) is 5.91 Å². The molecule has 0 aliphatic carbocycles. The van der Waals surface area contributed by atoms with Crippen LogP contribution < -0.4 is 10.6 Å². The topological polar surface area (TPSA) is 46.3 Å². The van der Waals surface area contributed by atoms with Crippen LogP contribution in [-0.4, -0.2) is 18.5 Å². The van der Waals surface area contributed by atoms with Crippen LogP contribution in [0, 0.1) is 5.82 Å². The summed E-state index contributed by atoms with van der Waals surface area (Å²) in [6.45, 7) is 0.351. The van der Waals surface area contributed by atoms with Crippen molar-refractivity contribution in [3.63, 3.8) is 0 Å². The molecule has 0 spiro atoms. The lowest BCUT2D eigenvalue weighted by Gasteiger charge is -2.37. The Morgan fingerprint density at radius 2 is 1.93 bits per heavy atom. The van der Waals surface area contributed by atoms with Gasteiger partial charge in [0.05, 0.1) is 22.3 Å². The monoisotopic (exact) mass is 248 g/mol. The fraction of sp³-hybridized carbons (Fsp3) is 0.222. The highest BCUT2D eigenvalue weighted by Gasteiger charge is 2.36. The van der Waals surface area contributed by atoms with Crippen molar-refractivity contribution in [1.29, 1.82) is 0 Å². The number of carbonyl (C=O) groups excluding carboxylic acids is 1. The lowest BCUT2D eigenvalue weighted by molar-refractivity contribution is -0.123. The van der Waals surface area contributed by atoms with Crippen molar-refractivity contribution in [2.45, 2.75) is 6.04 Å². The average molecular weight is 249 g/mol. The van der Waals surface area contributed by atoms with E-state index >= 15 is 0 Å². The molecule has 1 fully saturated rings. The summed E-state index contributed by atoms with van der Waals surface area (Å²) in [6.07, 6.45) is 0. The summed E-state index contributed by atoms with van der Waals surface area (Å²) >= 11 is 11.6. The highest BCUT2D eigenvalue weighted by Crippen LogP contribution is 2.37. The second-order valence-corrected chi connectivity index (χ2v) is 4.09. The number of amides is 1. The molecule has 80 valence electrons. The Hall–Kier alpha value is -0.840. The highest BCUT2D eigenvalue weighted by atomic mass is 35.5. The van der Waals surface area contributed by atoms with Crippen LogP contribution in [0.1, 0.15) is 0 Å². The molecule has 0 aromatic heterocycles. The van der Waals surface area contributed by atoms with E-state index in [0.717, 1.165) is 12.1 Å². The molecule has 1 aromatic rings. The number of carbonyl (C=O) groups is 1. The molecule has 1 aliphatic heterocycles. The molecule has 2 N–H and O–H groups in total. The van der Waals surface area contributed by atoms with Gasteiger partial charge < -0.3 is 10.6 Å². The van der Waals surface area contributed by atoms with Crippen LogP contribution in [0.25, 0.3) is 0 Å². The first-order chi connectivity index (χ1) is 7.00. The largest absolute Gasteiger partial charge is 0.318 e. The Labute approximate surface area is 95.6 Å². The minimum atomic E-state index is -0.536. The van der Waals surface area contributed by atoms with Gasteiger partial charge in [-0.3, -0.25) is 4.79 Å². The first-order valence-electron chi connectivity index (χ1n) is 4.22. The molecule has 3 nitrogen and oxygen atoms in total. The van der Waals surface area contributed by atoms with Gasteiger partial charge in [-0.2, -0.15) is 0 Å². The number of β-lactam (4-membered cyclic amide) rings is 1. The van der Waals surface area contributed by atoms with Crippen LogP contribution >= 0.6 is 23.2 Å². The van der Waals surface area contributed by atoms with E-state index in [-0.39, 0.29) is 16.0 Å². The second-order valence-electron chi connectivity index (χ2n) is 3.27. The highest BCUT2D eigenvalue weighted by molar-refractivity contribution is 6.40. The molecule has 15 heavy (non-hydrogen) atoms. The molecule has 1 amide bonds. The van der Waals surface area contributed by atoms with Gasteiger partial charge in [0.15, 0.2) is 0 Å². The molecular weight excluding hydrogens is 242 g/mol. The molecule has 1 unspecified atom stereocenters. The Balaban J connectivity index is 2.41. The normalized spacial score (nSPS) is 20.4. The van der Waals surface area contributed by atoms with Gasteiger partial charge in [0, 0.05) is 0 Å². The number of hydrogen-bond acceptors (Lipinski definition) is 2. The van der Waals surface area contributed by atoms with Gasteiger partial charge in [0.25, 0.3) is 0 Å². The summed E-state index contributed by atoms with van der Waals surface area (Å²) < 4.78 is 12.9. The van der Waals surface area contributed by atoms with E-state index < -0.39 is 11.9 Å². The van der Waals surface area contributed by atoms with Crippen LogP contribution in [0.5, 0.6) is 0 Å². The SMILES string of the molecule is NC1CN(c2c(Cl)cc(F)cc2Cl)C1=O. The zero-order valence-electron chi connectivity index (χ0n) is 7.51. The van der Waals surface area contributed by atoms with Crippen molar-refractivity contribution in [2.75, 3.05) is 11.4 Å². The molecule has 1 atom stereocenters. The maximum absolute atomic E-state index is 12.9. The van der Waals surface area contributed by atoms with E-state index in [1.54, 1.807) is 0 Å². The van der Waals surface area contributed by atoms with Gasteiger partial charge >= 0.3 is 0 Å². The summed E-state index contributed by atoms with van der Waals surface area (Å²) in [5, 5.41) is 0.223. The number of rotatable bonds is 1. The number of nitrogens with zero attached hydrogens (tertiary/aromatic N) is 1. The maximum atomic E-state index is 12.9. The van der Waals surface area contributed by atoms with Gasteiger partial charge in [-0.1, -0.05) is 23.2 Å². The predicted molar refractivity (Wildman–Crippen MR) is 56.7 cm³/mol. The van der Waals surface area contributed by atoms with E-state index in [2.05, 4.69) is 0 Å². The molecular formula is C9H7Cl2FN2O. The molecule has 0 saturated carbocycles. The van der Waals surface area contributed by atoms with E-state index in [1.807, 2.05) is 0 Å². The lowest BCUT2D eigenvalue weighted by Crippen LogP contribution is -2.61. The number of halogens is 3. The third kappa shape index (κ3) is 1.69. The molecule has 1 aliphatic rings. The van der Waals surface area contributed by atoms with Gasteiger partial charge in [-0.25, -0.2) is 4.39 Å². The third-order valence-corrected chi connectivity index (χ3v) is 2.79. The zero-order chi connectivity index (χ0) is 11.2. The Kier molecular flexibility index (Phi) is 2.58. The summed E-state index contributed by atoms with van der Waals surface area (Å²) in [6, 6.07) is 1.71. The first-order valence-corrected chi connectivity index (χ1v) is 4.98. The number of anilines is 1. The molecule has 2 rings (SSSR count). The van der Waals surface area contributed by atoms with E-state index in [0.29, 0.717) is 12.2 Å². The van der Waals surface area contributed by atoms with Crippen LogP contribution in [0.4, 0.5) is 10.1 Å². The Morgan fingerprint density at radius 3 is 2.33 bits per heavy atom. The predicted octanol–water partition coefficient (Wildman–Crippen LogP) is 1.81. The smallest absolute Gasteiger partial charge is 0.245 e. The van der Waals surface area contributed by atoms with Crippen LogP contribution in [-0.2, 0) is 4.79 Å². The summed E-state index contributed by atoms with van der Waals surface area (Å²) in [7, 11) is 0. The van der Waals surface area contributed by atoms with Crippen molar-refractivity contribution >= 4 is 34.8 Å². The summed E-state index contributed by atoms with van der Waals surface area (Å²) in [5.41, 5.74) is 5.75. The average Bonchev–Trinajstić information content (AvgIpc) is 2.15. The van der Waals surface area contributed by atoms with Crippen molar-refractivity contribution in [2.24, 2.45) is 5.73 Å². The Morgan fingerprint density at radius 1 is 1.40 bits per heavy atom. The van der Waals surface area contributed by atoms with E-state index in [1.165, 1.54) is 4.90 Å². The van der Waals surface area contributed by atoms with Crippen LogP contribution in [0.15, 0.2) is 12.1 Å². The van der Waals surface area contributed by atoms with Crippen molar-refractivity contribution in [3.8, 4) is 0 Å². The summed E-state index contributed by atoms with van der Waals surface area (Å²) in [5.74, 6) is -0.795. The molecule has 1 aromatic carbocycles. The lowest BCUT2D eigenvalue weighted by atomic mass is 10.1. The van der Waals surface area contributed by atoms with Crippen molar-refractivity contribution in [3.05, 3.63) is 28.0 Å². The standard InChI is InChI=1S/C9H7Cl2FN2O/c10-5-1-4(12)2-6(11)8(5)14-3-7(13)9(14)15/h1-2,7H,3,13H2. The van der Waals surface area contributed by atoms with Gasteiger partial charge in [-0.05, 0) is 12.1 Å². The van der Waals surface area contributed by atoms with Gasteiger partial charge in [0.1, 0.15) is 11.9 Å². The van der Waals surface area contributed by atoms with E-state index in [9.17, 15) is 9.18 Å². The third-order valence-electron chi connectivity index (χ3n) is 2.21. The van der Waals surface area contributed by atoms with Crippen molar-refractivity contribution < 1.29 is 9.18 Å². The second kappa shape index (κ2) is 3.63. The van der Waals surface area contributed by atoms with E-state index in [4.69, 9.17) is 28.9 Å². The number of benzene rings is 1.